The molecule has 0 spiro atoms. The van der Waals surface area contributed by atoms with E-state index in [9.17, 15) is 32.0 Å². The molecule has 184 valence electrons. The van der Waals surface area contributed by atoms with E-state index < -0.39 is 34.8 Å². The minimum absolute atomic E-state index is 0.0397. The van der Waals surface area contributed by atoms with Crippen molar-refractivity contribution in [1.82, 2.24) is 15.1 Å². The maximum absolute atomic E-state index is 13.9. The Morgan fingerprint density at radius 3 is 2.51 bits per heavy atom. The van der Waals surface area contributed by atoms with Crippen LogP contribution in [-0.4, -0.2) is 33.6 Å². The zero-order chi connectivity index (χ0) is 26.2. The number of hydrogen-bond donors (Lipinski definition) is 3. The Hall–Kier alpha value is -3.72. The van der Waals surface area contributed by atoms with Crippen molar-refractivity contribution in [2.45, 2.75) is 30.5 Å². The summed E-state index contributed by atoms with van der Waals surface area (Å²) < 4.78 is 67.3. The molecule has 3 N–H and O–H groups in total. The van der Waals surface area contributed by atoms with E-state index in [-0.39, 0.29) is 22.0 Å². The van der Waals surface area contributed by atoms with Gasteiger partial charge in [-0.1, -0.05) is 30.3 Å². The molecule has 1 aromatic carbocycles. The molecule has 7 nitrogen and oxygen atoms in total. The number of rotatable bonds is 8. The van der Waals surface area contributed by atoms with Gasteiger partial charge in [0.1, 0.15) is 11.4 Å². The predicted molar refractivity (Wildman–Crippen MR) is 120 cm³/mol. The number of nitriles is 1. The molecular formula is C22H18ClF5N6O. The van der Waals surface area contributed by atoms with Crippen molar-refractivity contribution in [3.05, 3.63) is 58.4 Å². The fourth-order valence-corrected chi connectivity index (χ4v) is 3.38. The Morgan fingerprint density at radius 2 is 2.00 bits per heavy atom. The summed E-state index contributed by atoms with van der Waals surface area (Å²) in [5.41, 5.74) is -2.54. The van der Waals surface area contributed by atoms with Crippen LogP contribution in [0.4, 0.5) is 27.8 Å². The van der Waals surface area contributed by atoms with Crippen LogP contribution in [0.5, 0.6) is 0 Å². The number of allylic oxidation sites excluding steroid dienone is 1. The summed E-state index contributed by atoms with van der Waals surface area (Å²) in [6.07, 6.45) is -1.98. The van der Waals surface area contributed by atoms with Gasteiger partial charge in [0.05, 0.1) is 16.7 Å². The van der Waals surface area contributed by atoms with Crippen LogP contribution in [0.1, 0.15) is 40.0 Å². The molecule has 1 aliphatic carbocycles. The summed E-state index contributed by atoms with van der Waals surface area (Å²) in [7, 11) is 1.16. The highest BCUT2D eigenvalue weighted by Crippen LogP contribution is 2.46. The summed E-state index contributed by atoms with van der Waals surface area (Å²) in [6, 6.07) is 6.27. The molecule has 0 unspecified atom stereocenters. The SMILES string of the molecule is C=Cc1c(C(F)(F)C(F)(F)F)nn(C)c1N/C=C(\C=N)c1ccc(Cl)c(C(=O)NC2(C#N)CC2)c1. The van der Waals surface area contributed by atoms with Gasteiger partial charge in [0.25, 0.3) is 5.91 Å². The highest BCUT2D eigenvalue weighted by Gasteiger charge is 2.61. The maximum atomic E-state index is 13.9. The van der Waals surface area contributed by atoms with Crippen molar-refractivity contribution in [1.29, 1.82) is 10.7 Å². The smallest absolute Gasteiger partial charge is 0.346 e. The highest BCUT2D eigenvalue weighted by molar-refractivity contribution is 6.34. The lowest BCUT2D eigenvalue weighted by Crippen LogP contribution is -2.35. The fraction of sp³-hybridized carbons (Fsp3) is 0.273. The third kappa shape index (κ3) is 4.90. The molecule has 0 aliphatic heterocycles. The molecule has 1 aromatic heterocycles. The van der Waals surface area contributed by atoms with E-state index in [4.69, 9.17) is 17.0 Å². The van der Waals surface area contributed by atoms with Gasteiger partial charge >= 0.3 is 12.1 Å². The molecule has 2 aromatic rings. The summed E-state index contributed by atoms with van der Waals surface area (Å²) >= 11 is 6.13. The van der Waals surface area contributed by atoms with E-state index >= 15 is 0 Å². The number of alkyl halides is 5. The first-order valence-electron chi connectivity index (χ1n) is 9.95. The largest absolute Gasteiger partial charge is 0.459 e. The van der Waals surface area contributed by atoms with Gasteiger partial charge in [-0.05, 0) is 30.5 Å². The van der Waals surface area contributed by atoms with Crippen molar-refractivity contribution in [3.8, 4) is 6.07 Å². The van der Waals surface area contributed by atoms with Crippen LogP contribution in [0.3, 0.4) is 0 Å². The van der Waals surface area contributed by atoms with Crippen molar-refractivity contribution in [3.63, 3.8) is 0 Å². The summed E-state index contributed by atoms with van der Waals surface area (Å²) in [6.45, 7) is 3.31. The molecule has 0 saturated heterocycles. The van der Waals surface area contributed by atoms with Crippen LogP contribution in [0, 0.1) is 16.7 Å². The topological polar surface area (TPSA) is 107 Å². The normalized spacial score (nSPS) is 15.2. The predicted octanol–water partition coefficient (Wildman–Crippen LogP) is 5.26. The highest BCUT2D eigenvalue weighted by atomic mass is 35.5. The molecular weight excluding hydrogens is 495 g/mol. The van der Waals surface area contributed by atoms with E-state index in [1.165, 1.54) is 24.4 Å². The van der Waals surface area contributed by atoms with E-state index in [1.54, 1.807) is 0 Å². The molecule has 1 fully saturated rings. The first-order valence-corrected chi connectivity index (χ1v) is 10.3. The van der Waals surface area contributed by atoms with E-state index in [0.29, 0.717) is 18.4 Å². The number of hydrogen-bond acceptors (Lipinski definition) is 5. The number of halogens is 6. The van der Waals surface area contributed by atoms with Crippen LogP contribution in [0.25, 0.3) is 11.6 Å². The minimum Gasteiger partial charge on any atom is -0.346 e. The third-order valence-electron chi connectivity index (χ3n) is 5.32. The van der Waals surface area contributed by atoms with E-state index in [1.807, 2.05) is 6.07 Å². The number of aromatic nitrogens is 2. The first kappa shape index (κ1) is 25.9. The molecule has 13 heteroatoms. The lowest BCUT2D eigenvalue weighted by atomic mass is 10.0. The fourth-order valence-electron chi connectivity index (χ4n) is 3.18. The van der Waals surface area contributed by atoms with Gasteiger partial charge in [-0.15, -0.1) is 0 Å². The molecule has 0 bridgehead atoms. The lowest BCUT2D eigenvalue weighted by molar-refractivity contribution is -0.291. The second-order valence-corrected chi connectivity index (χ2v) is 8.15. The van der Waals surface area contributed by atoms with Crippen molar-refractivity contribution in [2.24, 2.45) is 7.05 Å². The minimum atomic E-state index is -5.86. The van der Waals surface area contributed by atoms with Gasteiger partial charge in [-0.2, -0.15) is 32.3 Å². The number of amides is 1. The van der Waals surface area contributed by atoms with E-state index in [2.05, 4.69) is 22.3 Å². The standard InChI is InChI=1S/C22H18ClF5N6O/c1-3-14-17(21(24,25)22(26,27)28)33-34(2)18(14)31-10-13(9-29)12-4-5-16(23)15(8-12)19(35)32-20(11-30)6-7-20/h3-5,8-10,29,31H,1,6-7H2,2H3,(H,32,35)/b13-10+,29-9?. The van der Waals surface area contributed by atoms with Gasteiger partial charge < -0.3 is 16.0 Å². The molecule has 0 atom stereocenters. The Bertz CT molecular complexity index is 1270. The first-order chi connectivity index (χ1) is 16.3. The zero-order valence-corrected chi connectivity index (χ0v) is 18.9. The van der Waals surface area contributed by atoms with Crippen molar-refractivity contribution < 1.29 is 26.7 Å². The van der Waals surface area contributed by atoms with Gasteiger partial charge in [0.2, 0.25) is 0 Å². The van der Waals surface area contributed by atoms with Crippen LogP contribution < -0.4 is 10.6 Å². The summed E-state index contributed by atoms with van der Waals surface area (Å²) in [4.78, 5) is 12.6. The Labute approximate surface area is 201 Å². The van der Waals surface area contributed by atoms with Crippen LogP contribution in [-0.2, 0) is 13.0 Å². The second-order valence-electron chi connectivity index (χ2n) is 7.74. The molecule has 1 amide bonds. The Morgan fingerprint density at radius 1 is 1.34 bits per heavy atom. The second kappa shape index (κ2) is 9.14. The molecule has 1 heterocycles. The van der Waals surface area contributed by atoms with Gasteiger partial charge in [-0.25, -0.2) is 0 Å². The van der Waals surface area contributed by atoms with Gasteiger partial charge in [-0.3, -0.25) is 9.48 Å². The summed E-state index contributed by atoms with van der Waals surface area (Å²) in [5, 5.41) is 25.5. The number of anilines is 1. The number of nitrogens with one attached hydrogen (secondary N) is 3. The van der Waals surface area contributed by atoms with E-state index in [0.717, 1.165) is 24.0 Å². The lowest BCUT2D eigenvalue weighted by Gasteiger charge is -2.18. The molecule has 1 saturated carbocycles. The molecule has 35 heavy (non-hydrogen) atoms. The number of nitrogens with zero attached hydrogens (tertiary/aromatic N) is 3. The summed E-state index contributed by atoms with van der Waals surface area (Å²) in [5.74, 6) is -6.04. The van der Waals surface area contributed by atoms with Gasteiger partial charge in [0.15, 0.2) is 5.69 Å². The van der Waals surface area contributed by atoms with Crippen LogP contribution in [0.15, 0.2) is 31.0 Å². The van der Waals surface area contributed by atoms with Crippen LogP contribution >= 0.6 is 11.6 Å². The van der Waals surface area contributed by atoms with Crippen molar-refractivity contribution >= 4 is 41.2 Å². The Balaban J connectivity index is 1.95. The maximum Gasteiger partial charge on any atom is 0.459 e. The average Bonchev–Trinajstić information content (AvgIpc) is 3.49. The van der Waals surface area contributed by atoms with Gasteiger partial charge in [0, 0.05) is 30.6 Å². The molecule has 1 aliphatic rings. The third-order valence-corrected chi connectivity index (χ3v) is 5.65. The Kier molecular flexibility index (Phi) is 6.77. The van der Waals surface area contributed by atoms with Crippen LogP contribution in [0.2, 0.25) is 5.02 Å². The number of carbonyl (C=O) groups excluding carboxylic acids is 1. The van der Waals surface area contributed by atoms with Crippen molar-refractivity contribution in [2.75, 3.05) is 5.32 Å². The number of aryl methyl sites for hydroxylation is 1. The average molecular weight is 513 g/mol. The zero-order valence-electron chi connectivity index (χ0n) is 18.1. The quantitative estimate of drug-likeness (QED) is 0.331. The monoisotopic (exact) mass is 512 g/mol. The number of benzene rings is 1. The molecule has 3 rings (SSSR count). The number of carbonyl (C=O) groups is 1. The molecule has 0 radical (unpaired) electrons.